The van der Waals surface area contributed by atoms with Gasteiger partial charge in [0.2, 0.25) is 0 Å². The highest BCUT2D eigenvalue weighted by molar-refractivity contribution is 6.33. The largest absolute Gasteiger partial charge is 0.416 e. The maximum absolute atomic E-state index is 12.5. The Bertz CT molecular complexity index is 654. The second-order valence-electron chi connectivity index (χ2n) is 4.00. The van der Waals surface area contributed by atoms with Crippen molar-refractivity contribution in [1.82, 2.24) is 0 Å². The Morgan fingerprint density at radius 2 is 1.65 bits per heavy atom. The minimum Gasteiger partial charge on any atom is -0.258 e. The normalized spacial score (nSPS) is 11.4. The topological polar surface area (TPSA) is 43.1 Å². The monoisotopic (exact) mass is 301 g/mol. The van der Waals surface area contributed by atoms with E-state index in [1.54, 1.807) is 0 Å². The van der Waals surface area contributed by atoms with E-state index in [-0.39, 0.29) is 10.7 Å². The van der Waals surface area contributed by atoms with Crippen LogP contribution in [0.5, 0.6) is 0 Å². The molecule has 0 spiro atoms. The van der Waals surface area contributed by atoms with Gasteiger partial charge in [-0.25, -0.2) is 0 Å². The molecular weight excluding hydrogens is 295 g/mol. The van der Waals surface area contributed by atoms with Crippen molar-refractivity contribution in [3.63, 3.8) is 0 Å². The molecule has 0 saturated carbocycles. The predicted octanol–water partition coefficient (Wildman–Crippen LogP) is 4.93. The number of non-ortho nitro benzene ring substituents is 1. The number of nitrogens with zero attached hydrogens (tertiary/aromatic N) is 1. The van der Waals surface area contributed by atoms with Crippen LogP contribution in [0.2, 0.25) is 5.02 Å². The molecule has 20 heavy (non-hydrogen) atoms. The molecule has 0 aromatic heterocycles. The molecule has 0 fully saturated rings. The molecule has 0 aliphatic rings. The van der Waals surface area contributed by atoms with E-state index in [0.29, 0.717) is 11.1 Å². The van der Waals surface area contributed by atoms with Gasteiger partial charge in [-0.1, -0.05) is 17.7 Å². The Kier molecular flexibility index (Phi) is 3.67. The third-order valence-electron chi connectivity index (χ3n) is 2.69. The molecule has 2 rings (SSSR count). The first-order chi connectivity index (χ1) is 9.29. The number of nitro benzene ring substituents is 1. The van der Waals surface area contributed by atoms with Crippen LogP contribution in [0.25, 0.3) is 11.1 Å². The molecule has 0 aliphatic carbocycles. The van der Waals surface area contributed by atoms with Gasteiger partial charge in [-0.05, 0) is 29.8 Å². The molecule has 0 heterocycles. The zero-order valence-corrected chi connectivity index (χ0v) is 10.6. The fourth-order valence-corrected chi connectivity index (χ4v) is 1.98. The summed E-state index contributed by atoms with van der Waals surface area (Å²) in [7, 11) is 0. The molecule has 0 aliphatic heterocycles. The highest BCUT2D eigenvalue weighted by atomic mass is 35.5. The summed E-state index contributed by atoms with van der Waals surface area (Å²) in [6.07, 6.45) is -4.46. The van der Waals surface area contributed by atoms with Crippen LogP contribution in [0.1, 0.15) is 5.56 Å². The smallest absolute Gasteiger partial charge is 0.258 e. The summed E-state index contributed by atoms with van der Waals surface area (Å²) in [5, 5.41) is 10.5. The number of alkyl halides is 3. The van der Waals surface area contributed by atoms with Crippen molar-refractivity contribution in [1.29, 1.82) is 0 Å². The molecule has 0 unspecified atom stereocenters. The van der Waals surface area contributed by atoms with Gasteiger partial charge in [0.15, 0.2) is 0 Å². The summed E-state index contributed by atoms with van der Waals surface area (Å²) < 4.78 is 37.5. The molecule has 104 valence electrons. The second kappa shape index (κ2) is 5.13. The molecule has 0 amide bonds. The summed E-state index contributed by atoms with van der Waals surface area (Å²) in [6, 6.07) is 8.40. The highest BCUT2D eigenvalue weighted by Crippen LogP contribution is 2.35. The Labute approximate surface area is 116 Å². The molecule has 2 aromatic rings. The van der Waals surface area contributed by atoms with Gasteiger partial charge in [-0.15, -0.1) is 0 Å². The number of rotatable bonds is 2. The van der Waals surface area contributed by atoms with Crippen LogP contribution in [0, 0.1) is 10.1 Å². The van der Waals surface area contributed by atoms with Crippen LogP contribution in [0.15, 0.2) is 42.5 Å². The molecule has 2 aromatic carbocycles. The van der Waals surface area contributed by atoms with Crippen molar-refractivity contribution in [2.24, 2.45) is 0 Å². The van der Waals surface area contributed by atoms with E-state index < -0.39 is 16.7 Å². The Morgan fingerprint density at radius 1 is 1.05 bits per heavy atom. The maximum Gasteiger partial charge on any atom is 0.416 e. The number of benzene rings is 2. The summed E-state index contributed by atoms with van der Waals surface area (Å²) in [4.78, 5) is 9.97. The lowest BCUT2D eigenvalue weighted by Gasteiger charge is -2.10. The van der Waals surface area contributed by atoms with E-state index in [0.717, 1.165) is 12.1 Å². The Morgan fingerprint density at radius 3 is 2.10 bits per heavy atom. The lowest BCUT2D eigenvalue weighted by atomic mass is 10.0. The fourth-order valence-electron chi connectivity index (χ4n) is 1.69. The van der Waals surface area contributed by atoms with Crippen molar-refractivity contribution in [3.05, 3.63) is 63.2 Å². The van der Waals surface area contributed by atoms with Gasteiger partial charge < -0.3 is 0 Å². The van der Waals surface area contributed by atoms with E-state index in [1.165, 1.54) is 30.3 Å². The van der Waals surface area contributed by atoms with Gasteiger partial charge in [-0.2, -0.15) is 13.2 Å². The zero-order chi connectivity index (χ0) is 14.9. The van der Waals surface area contributed by atoms with Gasteiger partial charge in [0, 0.05) is 22.7 Å². The average molecular weight is 302 g/mol. The minimum atomic E-state index is -4.46. The van der Waals surface area contributed by atoms with Crippen molar-refractivity contribution in [2.75, 3.05) is 0 Å². The molecule has 0 saturated heterocycles. The number of hydrogen-bond acceptors (Lipinski definition) is 2. The van der Waals surface area contributed by atoms with Crippen molar-refractivity contribution < 1.29 is 18.1 Å². The van der Waals surface area contributed by atoms with E-state index in [4.69, 9.17) is 11.6 Å². The summed E-state index contributed by atoms with van der Waals surface area (Å²) in [5.41, 5.74) is -0.0474. The third-order valence-corrected chi connectivity index (χ3v) is 3.00. The summed E-state index contributed by atoms with van der Waals surface area (Å²) in [6.45, 7) is 0. The van der Waals surface area contributed by atoms with Gasteiger partial charge in [0.05, 0.1) is 10.5 Å². The first-order valence-corrected chi connectivity index (χ1v) is 5.78. The van der Waals surface area contributed by atoms with Gasteiger partial charge in [-0.3, -0.25) is 10.1 Å². The predicted molar refractivity (Wildman–Crippen MR) is 68.5 cm³/mol. The first-order valence-electron chi connectivity index (χ1n) is 5.40. The van der Waals surface area contributed by atoms with Crippen LogP contribution >= 0.6 is 11.6 Å². The van der Waals surface area contributed by atoms with E-state index in [9.17, 15) is 23.3 Å². The van der Waals surface area contributed by atoms with Crippen LogP contribution in [0.3, 0.4) is 0 Å². The SMILES string of the molecule is O=[N+]([O-])c1ccc(-c2ccc(C(F)(F)F)cc2Cl)cc1. The molecule has 0 bridgehead atoms. The highest BCUT2D eigenvalue weighted by Gasteiger charge is 2.30. The van der Waals surface area contributed by atoms with Gasteiger partial charge in [0.1, 0.15) is 0 Å². The van der Waals surface area contributed by atoms with Crippen LogP contribution < -0.4 is 0 Å². The fraction of sp³-hybridized carbons (Fsp3) is 0.0769. The van der Waals surface area contributed by atoms with Gasteiger partial charge >= 0.3 is 6.18 Å². The van der Waals surface area contributed by atoms with Crippen molar-refractivity contribution in [3.8, 4) is 11.1 Å². The second-order valence-corrected chi connectivity index (χ2v) is 4.40. The Balaban J connectivity index is 2.41. The summed E-state index contributed by atoms with van der Waals surface area (Å²) >= 11 is 5.84. The molecule has 3 nitrogen and oxygen atoms in total. The van der Waals surface area contributed by atoms with Gasteiger partial charge in [0.25, 0.3) is 5.69 Å². The number of nitro groups is 1. The summed E-state index contributed by atoms with van der Waals surface area (Å²) in [5.74, 6) is 0. The molecule has 0 atom stereocenters. The maximum atomic E-state index is 12.5. The lowest BCUT2D eigenvalue weighted by Crippen LogP contribution is -2.04. The first kappa shape index (κ1) is 14.3. The minimum absolute atomic E-state index is 0.0614. The third kappa shape index (κ3) is 2.91. The molecule has 7 heteroatoms. The number of hydrogen-bond donors (Lipinski definition) is 0. The van der Waals surface area contributed by atoms with E-state index in [1.807, 2.05) is 0 Å². The molecular formula is C13H7ClF3NO2. The zero-order valence-electron chi connectivity index (χ0n) is 9.82. The average Bonchev–Trinajstić information content (AvgIpc) is 2.37. The Hall–Kier alpha value is -2.08. The van der Waals surface area contributed by atoms with Crippen molar-refractivity contribution >= 4 is 17.3 Å². The van der Waals surface area contributed by atoms with Crippen LogP contribution in [-0.4, -0.2) is 4.92 Å². The van der Waals surface area contributed by atoms with E-state index >= 15 is 0 Å². The lowest BCUT2D eigenvalue weighted by molar-refractivity contribution is -0.384. The standard InChI is InChI=1S/C13H7ClF3NO2/c14-12-7-9(13(15,16)17)3-6-11(12)8-1-4-10(5-2-8)18(19)20/h1-7H. The quantitative estimate of drug-likeness (QED) is 0.583. The van der Waals surface area contributed by atoms with E-state index in [2.05, 4.69) is 0 Å². The number of halogens is 4. The molecule has 0 radical (unpaired) electrons. The van der Waals surface area contributed by atoms with Crippen LogP contribution in [-0.2, 0) is 6.18 Å². The van der Waals surface area contributed by atoms with Crippen LogP contribution in [0.4, 0.5) is 18.9 Å². The molecule has 0 N–H and O–H groups in total. The van der Waals surface area contributed by atoms with Crippen molar-refractivity contribution in [2.45, 2.75) is 6.18 Å².